The monoisotopic (exact) mass is 319 g/mol. The standard InChI is InChI=1S/C16H17NO6/c1-10(17-23-16(18)12-6-5-7-22-12)11-8-13(19-2)15(21-4)14(9-11)20-3/h5-9H,1-4H3. The normalized spacial score (nSPS) is 11.0. The Balaban J connectivity index is 2.26. The molecule has 0 spiro atoms. The lowest BCUT2D eigenvalue weighted by Crippen LogP contribution is -2.04. The van der Waals surface area contributed by atoms with E-state index in [-0.39, 0.29) is 5.76 Å². The van der Waals surface area contributed by atoms with E-state index in [0.717, 1.165) is 0 Å². The number of hydrogen-bond acceptors (Lipinski definition) is 7. The van der Waals surface area contributed by atoms with E-state index in [4.69, 9.17) is 23.5 Å². The molecule has 7 heteroatoms. The Morgan fingerprint density at radius 1 is 1.09 bits per heavy atom. The number of methoxy groups -OCH3 is 3. The summed E-state index contributed by atoms with van der Waals surface area (Å²) in [6.45, 7) is 1.69. The zero-order chi connectivity index (χ0) is 16.8. The van der Waals surface area contributed by atoms with Gasteiger partial charge in [-0.1, -0.05) is 5.16 Å². The van der Waals surface area contributed by atoms with Crippen LogP contribution in [-0.4, -0.2) is 33.0 Å². The third-order valence-corrected chi connectivity index (χ3v) is 3.07. The molecule has 0 saturated carbocycles. The summed E-state index contributed by atoms with van der Waals surface area (Å²) >= 11 is 0. The summed E-state index contributed by atoms with van der Waals surface area (Å²) in [5.74, 6) is 0.829. The number of nitrogens with zero attached hydrogens (tertiary/aromatic N) is 1. The number of furan rings is 1. The predicted molar refractivity (Wildman–Crippen MR) is 82.4 cm³/mol. The van der Waals surface area contributed by atoms with Crippen LogP contribution in [0.3, 0.4) is 0 Å². The smallest absolute Gasteiger partial charge is 0.400 e. The minimum absolute atomic E-state index is 0.0754. The number of ether oxygens (including phenoxy) is 3. The molecule has 1 aromatic heterocycles. The maximum atomic E-state index is 11.7. The van der Waals surface area contributed by atoms with E-state index in [0.29, 0.717) is 28.5 Å². The Bertz CT molecular complexity index is 680. The minimum Gasteiger partial charge on any atom is -0.493 e. The van der Waals surface area contributed by atoms with Crippen molar-refractivity contribution < 1.29 is 28.3 Å². The summed E-state index contributed by atoms with van der Waals surface area (Å²) in [6, 6.07) is 6.50. The Morgan fingerprint density at radius 3 is 2.22 bits per heavy atom. The Kier molecular flexibility index (Phi) is 5.24. The molecule has 0 unspecified atom stereocenters. The first kappa shape index (κ1) is 16.4. The lowest BCUT2D eigenvalue weighted by atomic mass is 10.1. The Labute approximate surface area is 133 Å². The predicted octanol–water partition coefficient (Wildman–Crippen LogP) is 2.89. The molecule has 0 atom stereocenters. The molecule has 0 amide bonds. The van der Waals surface area contributed by atoms with E-state index in [2.05, 4.69) is 5.16 Å². The molecule has 1 aromatic carbocycles. The fourth-order valence-corrected chi connectivity index (χ4v) is 1.89. The molecule has 0 radical (unpaired) electrons. The number of rotatable bonds is 6. The highest BCUT2D eigenvalue weighted by Crippen LogP contribution is 2.38. The van der Waals surface area contributed by atoms with Crippen molar-refractivity contribution in [2.45, 2.75) is 6.92 Å². The molecule has 0 saturated heterocycles. The topological polar surface area (TPSA) is 79.5 Å². The second kappa shape index (κ2) is 7.35. The second-order valence-electron chi connectivity index (χ2n) is 4.45. The summed E-state index contributed by atoms with van der Waals surface area (Å²) in [4.78, 5) is 16.5. The van der Waals surface area contributed by atoms with Crippen LogP contribution in [0.15, 0.2) is 40.1 Å². The maximum absolute atomic E-state index is 11.7. The summed E-state index contributed by atoms with van der Waals surface area (Å²) in [5.41, 5.74) is 1.12. The van der Waals surface area contributed by atoms with Gasteiger partial charge in [-0.2, -0.15) is 0 Å². The van der Waals surface area contributed by atoms with Crippen LogP contribution in [-0.2, 0) is 4.84 Å². The highest BCUT2D eigenvalue weighted by atomic mass is 16.7. The van der Waals surface area contributed by atoms with Crippen molar-refractivity contribution in [3.05, 3.63) is 41.9 Å². The van der Waals surface area contributed by atoms with Gasteiger partial charge < -0.3 is 23.5 Å². The van der Waals surface area contributed by atoms with Crippen molar-refractivity contribution in [2.24, 2.45) is 5.16 Å². The highest BCUT2D eigenvalue weighted by molar-refractivity contribution is 6.00. The van der Waals surface area contributed by atoms with Crippen LogP contribution in [0.4, 0.5) is 0 Å². The van der Waals surface area contributed by atoms with Crippen molar-refractivity contribution in [1.82, 2.24) is 0 Å². The van der Waals surface area contributed by atoms with E-state index in [9.17, 15) is 4.79 Å². The van der Waals surface area contributed by atoms with E-state index in [1.165, 1.54) is 33.7 Å². The summed E-state index contributed by atoms with van der Waals surface area (Å²) in [5, 5.41) is 3.81. The second-order valence-corrected chi connectivity index (χ2v) is 4.45. The first-order valence-corrected chi connectivity index (χ1v) is 6.70. The van der Waals surface area contributed by atoms with Crippen LogP contribution in [0, 0.1) is 0 Å². The van der Waals surface area contributed by atoms with Gasteiger partial charge in [0, 0.05) is 5.56 Å². The average molecular weight is 319 g/mol. The molecule has 23 heavy (non-hydrogen) atoms. The molecular formula is C16H17NO6. The van der Waals surface area contributed by atoms with Crippen LogP contribution >= 0.6 is 0 Å². The summed E-state index contributed by atoms with van der Waals surface area (Å²) < 4.78 is 20.7. The summed E-state index contributed by atoms with van der Waals surface area (Å²) in [7, 11) is 4.56. The van der Waals surface area contributed by atoms with Crippen molar-refractivity contribution in [3.8, 4) is 17.2 Å². The van der Waals surface area contributed by atoms with Gasteiger partial charge in [-0.3, -0.25) is 0 Å². The van der Waals surface area contributed by atoms with E-state index in [1.807, 2.05) is 0 Å². The van der Waals surface area contributed by atoms with E-state index in [1.54, 1.807) is 25.1 Å². The van der Waals surface area contributed by atoms with E-state index < -0.39 is 5.97 Å². The molecule has 1 heterocycles. The molecule has 2 rings (SSSR count). The molecule has 0 bridgehead atoms. The zero-order valence-electron chi connectivity index (χ0n) is 13.3. The van der Waals surface area contributed by atoms with Gasteiger partial charge in [-0.25, -0.2) is 4.79 Å². The zero-order valence-corrected chi connectivity index (χ0v) is 13.3. The first-order valence-electron chi connectivity index (χ1n) is 6.70. The minimum atomic E-state index is -0.679. The average Bonchev–Trinajstić information content (AvgIpc) is 3.12. The fraction of sp³-hybridized carbons (Fsp3) is 0.250. The molecule has 122 valence electrons. The van der Waals surface area contributed by atoms with Crippen LogP contribution in [0.5, 0.6) is 17.2 Å². The molecule has 0 N–H and O–H groups in total. The van der Waals surface area contributed by atoms with Gasteiger partial charge in [0.05, 0.1) is 33.3 Å². The first-order chi connectivity index (χ1) is 11.1. The lowest BCUT2D eigenvalue weighted by Gasteiger charge is -2.13. The largest absolute Gasteiger partial charge is 0.493 e. The van der Waals surface area contributed by atoms with Crippen LogP contribution in [0.2, 0.25) is 0 Å². The number of carbonyl (C=O) groups is 1. The Morgan fingerprint density at radius 2 is 1.74 bits per heavy atom. The number of benzene rings is 1. The molecule has 0 fully saturated rings. The van der Waals surface area contributed by atoms with Gasteiger partial charge >= 0.3 is 5.97 Å². The Hall–Kier alpha value is -2.96. The quantitative estimate of drug-likeness (QED) is 0.463. The molecule has 0 aliphatic heterocycles. The van der Waals surface area contributed by atoms with Crippen LogP contribution < -0.4 is 14.2 Å². The van der Waals surface area contributed by atoms with Gasteiger partial charge in [-0.05, 0) is 31.2 Å². The van der Waals surface area contributed by atoms with Crippen molar-refractivity contribution in [1.29, 1.82) is 0 Å². The van der Waals surface area contributed by atoms with Gasteiger partial charge in [0.1, 0.15) is 0 Å². The fourth-order valence-electron chi connectivity index (χ4n) is 1.89. The van der Waals surface area contributed by atoms with Crippen LogP contribution in [0.25, 0.3) is 0 Å². The third-order valence-electron chi connectivity index (χ3n) is 3.07. The molecule has 0 aliphatic carbocycles. The molecule has 7 nitrogen and oxygen atoms in total. The summed E-state index contributed by atoms with van der Waals surface area (Å²) in [6.07, 6.45) is 1.38. The van der Waals surface area contributed by atoms with Gasteiger partial charge in [0.25, 0.3) is 0 Å². The lowest BCUT2D eigenvalue weighted by molar-refractivity contribution is 0.0480. The number of carbonyl (C=O) groups excluding carboxylic acids is 1. The van der Waals surface area contributed by atoms with Crippen molar-refractivity contribution in [2.75, 3.05) is 21.3 Å². The highest BCUT2D eigenvalue weighted by Gasteiger charge is 2.15. The number of hydrogen-bond donors (Lipinski definition) is 0. The number of oxime groups is 1. The molecule has 2 aromatic rings. The van der Waals surface area contributed by atoms with Gasteiger partial charge in [0.15, 0.2) is 11.5 Å². The van der Waals surface area contributed by atoms with Gasteiger partial charge in [-0.15, -0.1) is 0 Å². The molecular weight excluding hydrogens is 302 g/mol. The van der Waals surface area contributed by atoms with Crippen molar-refractivity contribution in [3.63, 3.8) is 0 Å². The third kappa shape index (κ3) is 3.63. The van der Waals surface area contributed by atoms with Gasteiger partial charge in [0.2, 0.25) is 11.5 Å². The molecule has 0 aliphatic rings. The van der Waals surface area contributed by atoms with Crippen LogP contribution in [0.1, 0.15) is 23.0 Å². The van der Waals surface area contributed by atoms with Crippen molar-refractivity contribution >= 4 is 11.7 Å². The van der Waals surface area contributed by atoms with E-state index >= 15 is 0 Å². The SMILES string of the molecule is COc1cc(C(C)=NOC(=O)c2ccco2)cc(OC)c1OC. The maximum Gasteiger partial charge on any atom is 0.400 e.